The lowest BCUT2D eigenvalue weighted by atomic mass is 10.1. The second-order valence-electron chi connectivity index (χ2n) is 3.51. The molecule has 0 aliphatic carbocycles. The molecular formula is C12H17Cl2N. The van der Waals surface area contributed by atoms with Crippen molar-refractivity contribution < 1.29 is 0 Å². The highest BCUT2D eigenvalue weighted by Crippen LogP contribution is 2.25. The van der Waals surface area contributed by atoms with Gasteiger partial charge in [-0.15, -0.1) is 0 Å². The molecule has 0 saturated carbocycles. The third-order valence-electron chi connectivity index (χ3n) is 2.34. The maximum absolute atomic E-state index is 6.07. The first-order valence-corrected chi connectivity index (χ1v) is 6.15. The molecule has 0 spiro atoms. The SMILES string of the molecule is CCNCCCCc1c(Cl)cccc1Cl. The second kappa shape index (κ2) is 7.10. The Morgan fingerprint density at radius 2 is 1.80 bits per heavy atom. The van der Waals surface area contributed by atoms with E-state index in [9.17, 15) is 0 Å². The molecule has 15 heavy (non-hydrogen) atoms. The molecular weight excluding hydrogens is 229 g/mol. The van der Waals surface area contributed by atoms with Crippen molar-refractivity contribution in [1.29, 1.82) is 0 Å². The Kier molecular flexibility index (Phi) is 6.07. The van der Waals surface area contributed by atoms with Crippen LogP contribution in [0.25, 0.3) is 0 Å². The van der Waals surface area contributed by atoms with Crippen LogP contribution >= 0.6 is 23.2 Å². The first-order valence-electron chi connectivity index (χ1n) is 5.39. The van der Waals surface area contributed by atoms with E-state index in [1.807, 2.05) is 18.2 Å². The molecule has 84 valence electrons. The summed E-state index contributed by atoms with van der Waals surface area (Å²) in [6.45, 7) is 4.22. The van der Waals surface area contributed by atoms with Crippen LogP contribution in [0.2, 0.25) is 10.0 Å². The molecule has 0 aliphatic rings. The highest BCUT2D eigenvalue weighted by Gasteiger charge is 2.04. The van der Waals surface area contributed by atoms with E-state index in [4.69, 9.17) is 23.2 Å². The molecule has 0 heterocycles. The van der Waals surface area contributed by atoms with E-state index in [0.29, 0.717) is 0 Å². The first kappa shape index (κ1) is 12.8. The molecule has 3 heteroatoms. The summed E-state index contributed by atoms with van der Waals surface area (Å²) < 4.78 is 0. The van der Waals surface area contributed by atoms with E-state index >= 15 is 0 Å². The van der Waals surface area contributed by atoms with Crippen LogP contribution < -0.4 is 5.32 Å². The molecule has 0 aromatic heterocycles. The largest absolute Gasteiger partial charge is 0.317 e. The third-order valence-corrected chi connectivity index (χ3v) is 3.05. The van der Waals surface area contributed by atoms with Crippen molar-refractivity contribution >= 4 is 23.2 Å². The number of halogens is 2. The first-order chi connectivity index (χ1) is 7.25. The van der Waals surface area contributed by atoms with E-state index in [0.717, 1.165) is 48.0 Å². The summed E-state index contributed by atoms with van der Waals surface area (Å²) in [5.41, 5.74) is 1.08. The van der Waals surface area contributed by atoms with Gasteiger partial charge in [-0.05, 0) is 50.0 Å². The van der Waals surface area contributed by atoms with Gasteiger partial charge in [0.25, 0.3) is 0 Å². The van der Waals surface area contributed by atoms with Gasteiger partial charge >= 0.3 is 0 Å². The number of nitrogens with one attached hydrogen (secondary N) is 1. The van der Waals surface area contributed by atoms with Crippen LogP contribution in [0.1, 0.15) is 25.3 Å². The van der Waals surface area contributed by atoms with Gasteiger partial charge in [-0.1, -0.05) is 36.2 Å². The fourth-order valence-corrected chi connectivity index (χ4v) is 2.09. The van der Waals surface area contributed by atoms with E-state index in [1.165, 1.54) is 0 Å². The average molecular weight is 246 g/mol. The highest BCUT2D eigenvalue weighted by molar-refractivity contribution is 6.35. The van der Waals surface area contributed by atoms with Crippen LogP contribution in [0.3, 0.4) is 0 Å². The Labute approximate surface area is 102 Å². The number of hydrogen-bond donors (Lipinski definition) is 1. The Hall–Kier alpha value is -0.240. The Morgan fingerprint density at radius 1 is 1.13 bits per heavy atom. The molecule has 0 saturated heterocycles. The quantitative estimate of drug-likeness (QED) is 0.750. The molecule has 0 unspecified atom stereocenters. The summed E-state index contributed by atoms with van der Waals surface area (Å²) in [4.78, 5) is 0. The van der Waals surface area contributed by atoms with Gasteiger partial charge in [0.2, 0.25) is 0 Å². The summed E-state index contributed by atoms with van der Waals surface area (Å²) in [5.74, 6) is 0. The van der Waals surface area contributed by atoms with E-state index in [2.05, 4.69) is 12.2 Å². The van der Waals surface area contributed by atoms with Crippen LogP contribution in [-0.2, 0) is 6.42 Å². The van der Waals surface area contributed by atoms with Crippen molar-refractivity contribution in [2.75, 3.05) is 13.1 Å². The number of unbranched alkanes of at least 4 members (excludes halogenated alkanes) is 1. The van der Waals surface area contributed by atoms with Crippen LogP contribution in [0.15, 0.2) is 18.2 Å². The van der Waals surface area contributed by atoms with Crippen LogP contribution in [0.5, 0.6) is 0 Å². The standard InChI is InChI=1S/C12H17Cl2N/c1-2-15-9-4-3-6-10-11(13)7-5-8-12(10)14/h5,7-8,15H,2-4,6,9H2,1H3. The van der Waals surface area contributed by atoms with Crippen molar-refractivity contribution in [2.24, 2.45) is 0 Å². The van der Waals surface area contributed by atoms with Crippen molar-refractivity contribution in [2.45, 2.75) is 26.2 Å². The zero-order chi connectivity index (χ0) is 11.1. The van der Waals surface area contributed by atoms with Crippen molar-refractivity contribution in [3.05, 3.63) is 33.8 Å². The molecule has 0 atom stereocenters. The van der Waals surface area contributed by atoms with Gasteiger partial charge in [-0.3, -0.25) is 0 Å². The minimum Gasteiger partial charge on any atom is -0.317 e. The highest BCUT2D eigenvalue weighted by atomic mass is 35.5. The van der Waals surface area contributed by atoms with Gasteiger partial charge in [-0.2, -0.15) is 0 Å². The van der Waals surface area contributed by atoms with Gasteiger partial charge in [0.15, 0.2) is 0 Å². The smallest absolute Gasteiger partial charge is 0.0452 e. The van der Waals surface area contributed by atoms with E-state index < -0.39 is 0 Å². The molecule has 0 radical (unpaired) electrons. The minimum absolute atomic E-state index is 0.783. The van der Waals surface area contributed by atoms with E-state index in [1.54, 1.807) is 0 Å². The molecule has 0 amide bonds. The topological polar surface area (TPSA) is 12.0 Å². The molecule has 0 bridgehead atoms. The molecule has 1 nitrogen and oxygen atoms in total. The second-order valence-corrected chi connectivity index (χ2v) is 4.33. The van der Waals surface area contributed by atoms with Gasteiger partial charge in [0, 0.05) is 10.0 Å². The lowest BCUT2D eigenvalue weighted by molar-refractivity contribution is 0.641. The Balaban J connectivity index is 2.37. The molecule has 1 aromatic carbocycles. The molecule has 1 N–H and O–H groups in total. The summed E-state index contributed by atoms with van der Waals surface area (Å²) in [6, 6.07) is 5.67. The molecule has 1 rings (SSSR count). The molecule has 1 aromatic rings. The van der Waals surface area contributed by atoms with E-state index in [-0.39, 0.29) is 0 Å². The molecule has 0 aliphatic heterocycles. The monoisotopic (exact) mass is 245 g/mol. The average Bonchev–Trinajstić information content (AvgIpc) is 2.21. The zero-order valence-corrected chi connectivity index (χ0v) is 10.5. The van der Waals surface area contributed by atoms with Crippen LogP contribution in [0.4, 0.5) is 0 Å². The number of benzene rings is 1. The summed E-state index contributed by atoms with van der Waals surface area (Å²) in [6.07, 6.45) is 3.25. The molecule has 0 fully saturated rings. The fourth-order valence-electron chi connectivity index (χ4n) is 1.50. The Bertz CT molecular complexity index is 279. The lowest BCUT2D eigenvalue weighted by Crippen LogP contribution is -2.13. The van der Waals surface area contributed by atoms with Crippen LogP contribution in [-0.4, -0.2) is 13.1 Å². The maximum atomic E-state index is 6.07. The van der Waals surface area contributed by atoms with Crippen LogP contribution in [0, 0.1) is 0 Å². The van der Waals surface area contributed by atoms with Crippen molar-refractivity contribution in [1.82, 2.24) is 5.32 Å². The van der Waals surface area contributed by atoms with Gasteiger partial charge in [0.05, 0.1) is 0 Å². The van der Waals surface area contributed by atoms with Gasteiger partial charge in [-0.25, -0.2) is 0 Å². The van der Waals surface area contributed by atoms with Crippen molar-refractivity contribution in [3.8, 4) is 0 Å². The Morgan fingerprint density at radius 3 is 2.40 bits per heavy atom. The summed E-state index contributed by atoms with van der Waals surface area (Å²) >= 11 is 12.1. The number of rotatable bonds is 6. The van der Waals surface area contributed by atoms with Gasteiger partial charge in [0.1, 0.15) is 0 Å². The maximum Gasteiger partial charge on any atom is 0.0452 e. The lowest BCUT2D eigenvalue weighted by Gasteiger charge is -2.06. The summed E-state index contributed by atoms with van der Waals surface area (Å²) in [7, 11) is 0. The predicted octanol–water partition coefficient (Wildman–Crippen LogP) is 3.93. The zero-order valence-electron chi connectivity index (χ0n) is 9.02. The van der Waals surface area contributed by atoms with Gasteiger partial charge < -0.3 is 5.32 Å². The number of hydrogen-bond acceptors (Lipinski definition) is 1. The normalized spacial score (nSPS) is 10.6. The third kappa shape index (κ3) is 4.42. The minimum atomic E-state index is 0.783. The van der Waals surface area contributed by atoms with Crippen molar-refractivity contribution in [3.63, 3.8) is 0 Å². The summed E-state index contributed by atoms with van der Waals surface area (Å²) in [5, 5.41) is 4.86. The fraction of sp³-hybridized carbons (Fsp3) is 0.500. The predicted molar refractivity (Wildman–Crippen MR) is 67.9 cm³/mol.